The van der Waals surface area contributed by atoms with E-state index in [-0.39, 0.29) is 11.8 Å². The summed E-state index contributed by atoms with van der Waals surface area (Å²) in [5, 5.41) is 1.20. The maximum absolute atomic E-state index is 13.1. The highest BCUT2D eigenvalue weighted by Gasteiger charge is 2.10. The SMILES string of the molecule is CCOC(=O)CCCc1cn(Cc2ccc(F)cc2)c2ccccc12. The van der Waals surface area contributed by atoms with Gasteiger partial charge in [0, 0.05) is 30.1 Å². The standard InChI is InChI=1S/C21H22FNO2/c1-2-25-21(24)9-5-6-17-15-23(20-8-4-3-7-19(17)20)14-16-10-12-18(22)13-11-16/h3-4,7-8,10-13,15H,2,5-6,9,14H2,1H3. The summed E-state index contributed by atoms with van der Waals surface area (Å²) in [6.07, 6.45) is 4.17. The van der Waals surface area contributed by atoms with Crippen LogP contribution in [0.15, 0.2) is 54.7 Å². The van der Waals surface area contributed by atoms with Crippen molar-refractivity contribution in [2.24, 2.45) is 0 Å². The first-order valence-electron chi connectivity index (χ1n) is 8.64. The highest BCUT2D eigenvalue weighted by Crippen LogP contribution is 2.24. The van der Waals surface area contributed by atoms with Crippen LogP contribution in [0.25, 0.3) is 10.9 Å². The van der Waals surface area contributed by atoms with Crippen molar-refractivity contribution in [3.8, 4) is 0 Å². The Labute approximate surface area is 147 Å². The van der Waals surface area contributed by atoms with E-state index in [1.165, 1.54) is 23.1 Å². The van der Waals surface area contributed by atoms with Gasteiger partial charge in [-0.25, -0.2) is 4.39 Å². The number of para-hydroxylation sites is 1. The van der Waals surface area contributed by atoms with Crippen LogP contribution in [0.3, 0.4) is 0 Å². The molecule has 1 heterocycles. The highest BCUT2D eigenvalue weighted by molar-refractivity contribution is 5.84. The van der Waals surface area contributed by atoms with Crippen LogP contribution in [0.2, 0.25) is 0 Å². The number of carbonyl (C=O) groups excluding carboxylic acids is 1. The van der Waals surface area contributed by atoms with E-state index in [0.29, 0.717) is 19.6 Å². The van der Waals surface area contributed by atoms with Crippen LogP contribution in [0.4, 0.5) is 4.39 Å². The summed E-state index contributed by atoms with van der Waals surface area (Å²) >= 11 is 0. The van der Waals surface area contributed by atoms with Gasteiger partial charge >= 0.3 is 5.97 Å². The van der Waals surface area contributed by atoms with Crippen molar-refractivity contribution in [2.45, 2.75) is 32.7 Å². The van der Waals surface area contributed by atoms with Gasteiger partial charge in [0.2, 0.25) is 0 Å². The Morgan fingerprint density at radius 3 is 2.64 bits per heavy atom. The van der Waals surface area contributed by atoms with Crippen LogP contribution in [0.5, 0.6) is 0 Å². The number of aromatic nitrogens is 1. The minimum absolute atomic E-state index is 0.141. The zero-order chi connectivity index (χ0) is 17.6. The molecule has 0 saturated heterocycles. The quantitative estimate of drug-likeness (QED) is 0.584. The molecule has 0 fully saturated rings. The van der Waals surface area contributed by atoms with Gasteiger partial charge in [-0.1, -0.05) is 30.3 Å². The molecule has 25 heavy (non-hydrogen) atoms. The van der Waals surface area contributed by atoms with Crippen molar-refractivity contribution >= 4 is 16.9 Å². The highest BCUT2D eigenvalue weighted by atomic mass is 19.1. The third kappa shape index (κ3) is 4.27. The molecule has 0 unspecified atom stereocenters. The van der Waals surface area contributed by atoms with Crippen LogP contribution >= 0.6 is 0 Å². The second-order valence-electron chi connectivity index (χ2n) is 6.08. The molecule has 3 rings (SSSR count). The van der Waals surface area contributed by atoms with Crippen molar-refractivity contribution in [1.82, 2.24) is 4.57 Å². The second-order valence-corrected chi connectivity index (χ2v) is 6.08. The minimum atomic E-state index is -0.222. The van der Waals surface area contributed by atoms with Gasteiger partial charge in [0.05, 0.1) is 6.61 Å². The molecule has 0 radical (unpaired) electrons. The zero-order valence-corrected chi connectivity index (χ0v) is 14.4. The third-order valence-corrected chi connectivity index (χ3v) is 4.27. The average molecular weight is 339 g/mol. The normalized spacial score (nSPS) is 11.0. The molecule has 1 aromatic heterocycles. The maximum Gasteiger partial charge on any atom is 0.305 e. The predicted molar refractivity (Wildman–Crippen MR) is 97.0 cm³/mol. The smallest absolute Gasteiger partial charge is 0.305 e. The number of carbonyl (C=O) groups is 1. The van der Waals surface area contributed by atoms with E-state index in [4.69, 9.17) is 4.74 Å². The summed E-state index contributed by atoms with van der Waals surface area (Å²) in [6, 6.07) is 14.8. The van der Waals surface area contributed by atoms with Crippen molar-refractivity contribution in [2.75, 3.05) is 6.61 Å². The number of benzene rings is 2. The molecule has 130 valence electrons. The number of nitrogens with zero attached hydrogens (tertiary/aromatic N) is 1. The van der Waals surface area contributed by atoms with Crippen molar-refractivity contribution in [3.05, 3.63) is 71.7 Å². The van der Waals surface area contributed by atoms with Crippen LogP contribution in [-0.4, -0.2) is 17.1 Å². The minimum Gasteiger partial charge on any atom is -0.466 e. The second kappa shape index (κ2) is 7.97. The van der Waals surface area contributed by atoms with Gasteiger partial charge in [-0.3, -0.25) is 4.79 Å². The van der Waals surface area contributed by atoms with Crippen molar-refractivity contribution in [1.29, 1.82) is 0 Å². The molecule has 0 aliphatic rings. The van der Waals surface area contributed by atoms with E-state index < -0.39 is 0 Å². The number of aryl methyl sites for hydroxylation is 1. The molecule has 0 spiro atoms. The van der Waals surface area contributed by atoms with E-state index in [9.17, 15) is 9.18 Å². The lowest BCUT2D eigenvalue weighted by atomic mass is 10.1. The number of hydrogen-bond donors (Lipinski definition) is 0. The predicted octanol–water partition coefficient (Wildman–Crippen LogP) is 4.71. The number of hydrogen-bond acceptors (Lipinski definition) is 2. The molecule has 0 saturated carbocycles. The first kappa shape index (κ1) is 17.2. The molecule has 0 bridgehead atoms. The molecular weight excluding hydrogens is 317 g/mol. The number of esters is 1. The fourth-order valence-electron chi connectivity index (χ4n) is 3.10. The Kier molecular flexibility index (Phi) is 5.49. The third-order valence-electron chi connectivity index (χ3n) is 4.27. The molecule has 0 amide bonds. The molecule has 0 aliphatic heterocycles. The summed E-state index contributed by atoms with van der Waals surface area (Å²) < 4.78 is 20.3. The Morgan fingerprint density at radius 1 is 1.12 bits per heavy atom. The fraction of sp³-hybridized carbons (Fsp3) is 0.286. The average Bonchev–Trinajstić information content (AvgIpc) is 2.95. The molecule has 0 N–H and O–H groups in total. The van der Waals surface area contributed by atoms with E-state index in [2.05, 4.69) is 22.9 Å². The first-order valence-corrected chi connectivity index (χ1v) is 8.64. The summed E-state index contributed by atoms with van der Waals surface area (Å²) in [5.74, 6) is -0.363. The molecule has 3 aromatic rings. The lowest BCUT2D eigenvalue weighted by molar-refractivity contribution is -0.143. The number of ether oxygens (including phenoxy) is 1. The molecular formula is C21H22FNO2. The maximum atomic E-state index is 13.1. The van der Waals surface area contributed by atoms with Gasteiger partial charge in [0.1, 0.15) is 5.82 Å². The van der Waals surface area contributed by atoms with Crippen LogP contribution in [0.1, 0.15) is 30.9 Å². The summed E-state index contributed by atoms with van der Waals surface area (Å²) in [5.41, 5.74) is 3.43. The van der Waals surface area contributed by atoms with Crippen LogP contribution < -0.4 is 0 Å². The largest absolute Gasteiger partial charge is 0.466 e. The Bertz CT molecular complexity index is 852. The van der Waals surface area contributed by atoms with Gasteiger partial charge in [0.25, 0.3) is 0 Å². The summed E-state index contributed by atoms with van der Waals surface area (Å²) in [4.78, 5) is 11.5. The van der Waals surface area contributed by atoms with Crippen LogP contribution in [-0.2, 0) is 22.5 Å². The number of halogens is 1. The number of rotatable bonds is 7. The molecule has 4 heteroatoms. The van der Waals surface area contributed by atoms with Gasteiger partial charge in [-0.15, -0.1) is 0 Å². The monoisotopic (exact) mass is 339 g/mol. The van der Waals surface area contributed by atoms with Gasteiger partial charge < -0.3 is 9.30 Å². The summed E-state index contributed by atoms with van der Waals surface area (Å²) in [6.45, 7) is 2.94. The topological polar surface area (TPSA) is 31.2 Å². The van der Waals surface area contributed by atoms with E-state index in [0.717, 1.165) is 23.9 Å². The Morgan fingerprint density at radius 2 is 1.88 bits per heavy atom. The van der Waals surface area contributed by atoms with Crippen molar-refractivity contribution < 1.29 is 13.9 Å². The molecule has 3 nitrogen and oxygen atoms in total. The van der Waals surface area contributed by atoms with Gasteiger partial charge in [-0.05, 0) is 49.1 Å². The van der Waals surface area contributed by atoms with E-state index >= 15 is 0 Å². The first-order chi connectivity index (χ1) is 12.2. The molecule has 2 aromatic carbocycles. The van der Waals surface area contributed by atoms with E-state index in [1.54, 1.807) is 0 Å². The lowest BCUT2D eigenvalue weighted by Crippen LogP contribution is -2.04. The lowest BCUT2D eigenvalue weighted by Gasteiger charge is -2.05. The Hall–Kier alpha value is -2.62. The van der Waals surface area contributed by atoms with E-state index in [1.807, 2.05) is 31.2 Å². The van der Waals surface area contributed by atoms with Gasteiger partial charge in [0.15, 0.2) is 0 Å². The van der Waals surface area contributed by atoms with Crippen LogP contribution in [0, 0.1) is 5.82 Å². The Balaban J connectivity index is 1.78. The molecule has 0 atom stereocenters. The van der Waals surface area contributed by atoms with Gasteiger partial charge in [-0.2, -0.15) is 0 Å². The fourth-order valence-corrected chi connectivity index (χ4v) is 3.10. The van der Waals surface area contributed by atoms with Crippen molar-refractivity contribution in [3.63, 3.8) is 0 Å². The molecule has 0 aliphatic carbocycles. The number of fused-ring (bicyclic) bond motifs is 1. The summed E-state index contributed by atoms with van der Waals surface area (Å²) in [7, 11) is 0. The zero-order valence-electron chi connectivity index (χ0n) is 14.4.